The summed E-state index contributed by atoms with van der Waals surface area (Å²) in [7, 11) is 5.97. The summed E-state index contributed by atoms with van der Waals surface area (Å²) in [5.74, 6) is 1.64. The number of methoxy groups -OCH3 is 1. The van der Waals surface area contributed by atoms with Crippen LogP contribution in [0.2, 0.25) is 0 Å². The third-order valence-electron chi connectivity index (χ3n) is 8.21. The van der Waals surface area contributed by atoms with Crippen molar-refractivity contribution < 1.29 is 9.53 Å². The molecule has 1 amide bonds. The predicted octanol–water partition coefficient (Wildman–Crippen LogP) is 5.36. The van der Waals surface area contributed by atoms with Gasteiger partial charge in [-0.1, -0.05) is 42.5 Å². The molecule has 1 saturated heterocycles. The molecule has 4 heteroatoms. The monoisotopic (exact) mass is 442 g/mol. The van der Waals surface area contributed by atoms with Gasteiger partial charge in [0.25, 0.3) is 5.91 Å². The molecule has 3 atom stereocenters. The highest BCUT2D eigenvalue weighted by molar-refractivity contribution is 5.98. The van der Waals surface area contributed by atoms with Gasteiger partial charge in [-0.25, -0.2) is 0 Å². The summed E-state index contributed by atoms with van der Waals surface area (Å²) in [6.45, 7) is 2.20. The first-order valence-electron chi connectivity index (χ1n) is 12.1. The predicted molar refractivity (Wildman–Crippen MR) is 134 cm³/mol. The van der Waals surface area contributed by atoms with Crippen molar-refractivity contribution in [3.8, 4) is 5.75 Å². The van der Waals surface area contributed by atoms with E-state index in [4.69, 9.17) is 4.74 Å². The van der Waals surface area contributed by atoms with Gasteiger partial charge in [-0.3, -0.25) is 4.79 Å². The van der Waals surface area contributed by atoms with Crippen molar-refractivity contribution in [3.63, 3.8) is 0 Å². The van der Waals surface area contributed by atoms with Crippen molar-refractivity contribution in [3.05, 3.63) is 77.9 Å². The van der Waals surface area contributed by atoms with E-state index in [0.717, 1.165) is 55.5 Å². The lowest BCUT2D eigenvalue weighted by Crippen LogP contribution is -2.55. The van der Waals surface area contributed by atoms with Crippen LogP contribution in [0.25, 0.3) is 10.8 Å². The van der Waals surface area contributed by atoms with E-state index < -0.39 is 0 Å². The Hall–Kier alpha value is -2.85. The molecule has 2 fully saturated rings. The van der Waals surface area contributed by atoms with Gasteiger partial charge in [0.1, 0.15) is 5.75 Å². The molecule has 1 aliphatic heterocycles. The maximum atomic E-state index is 13.5. The topological polar surface area (TPSA) is 32.8 Å². The first kappa shape index (κ1) is 22.0. The highest BCUT2D eigenvalue weighted by Gasteiger charge is 2.48. The third-order valence-corrected chi connectivity index (χ3v) is 8.21. The normalized spacial score (nSPS) is 25.4. The molecule has 0 bridgehead atoms. The molecule has 1 heterocycles. The van der Waals surface area contributed by atoms with Crippen molar-refractivity contribution in [2.24, 2.45) is 5.92 Å². The molecule has 4 nitrogen and oxygen atoms in total. The van der Waals surface area contributed by atoms with Crippen molar-refractivity contribution in [1.82, 2.24) is 9.80 Å². The number of ether oxygens (including phenoxy) is 1. The number of hydrogen-bond donors (Lipinski definition) is 0. The lowest BCUT2D eigenvalue weighted by atomic mass is 9.58. The molecule has 3 unspecified atom stereocenters. The van der Waals surface area contributed by atoms with E-state index in [2.05, 4.69) is 48.3 Å². The minimum atomic E-state index is 0.0852. The number of fused-ring (bicyclic) bond motifs is 2. The first-order valence-corrected chi connectivity index (χ1v) is 12.1. The van der Waals surface area contributed by atoms with E-state index >= 15 is 0 Å². The Bertz CT molecular complexity index is 1160. The van der Waals surface area contributed by atoms with Crippen molar-refractivity contribution in [2.75, 3.05) is 34.3 Å². The van der Waals surface area contributed by atoms with Gasteiger partial charge in [-0.2, -0.15) is 0 Å². The van der Waals surface area contributed by atoms with Crippen molar-refractivity contribution in [1.29, 1.82) is 0 Å². The van der Waals surface area contributed by atoms with Crippen molar-refractivity contribution in [2.45, 2.75) is 37.1 Å². The number of piperidine rings is 1. The second-order valence-electron chi connectivity index (χ2n) is 10.0. The van der Waals surface area contributed by atoms with Crippen LogP contribution in [0.4, 0.5) is 0 Å². The number of carbonyl (C=O) groups is 1. The summed E-state index contributed by atoms with van der Waals surface area (Å²) in [5.41, 5.74) is 2.23. The number of benzene rings is 3. The van der Waals surface area contributed by atoms with Crippen LogP contribution in [0.3, 0.4) is 0 Å². The van der Waals surface area contributed by atoms with E-state index in [9.17, 15) is 4.79 Å². The van der Waals surface area contributed by atoms with Gasteiger partial charge < -0.3 is 14.5 Å². The zero-order valence-corrected chi connectivity index (χ0v) is 20.0. The van der Waals surface area contributed by atoms with Gasteiger partial charge in [-0.05, 0) is 85.8 Å². The van der Waals surface area contributed by atoms with E-state index in [1.807, 2.05) is 42.3 Å². The molecule has 0 aromatic heterocycles. The van der Waals surface area contributed by atoms with Crippen LogP contribution in [-0.4, -0.2) is 56.0 Å². The second kappa shape index (κ2) is 8.83. The maximum Gasteiger partial charge on any atom is 0.253 e. The number of amides is 1. The lowest BCUT2D eigenvalue weighted by Gasteiger charge is -2.53. The first-order chi connectivity index (χ1) is 16.0. The van der Waals surface area contributed by atoms with E-state index in [0.29, 0.717) is 5.92 Å². The SMILES string of the molecule is COc1cccc(C23CCN(C)CC2CCC(N(C)C(=O)c2ccc4ccccc4c2)C3)c1. The lowest BCUT2D eigenvalue weighted by molar-refractivity contribution is 0.0259. The fourth-order valence-electron chi connectivity index (χ4n) is 6.24. The average Bonchev–Trinajstić information content (AvgIpc) is 2.87. The Balaban J connectivity index is 1.44. The number of carbonyl (C=O) groups excluding carboxylic acids is 1. The quantitative estimate of drug-likeness (QED) is 0.545. The van der Waals surface area contributed by atoms with Crippen molar-refractivity contribution >= 4 is 16.7 Å². The van der Waals surface area contributed by atoms with Crippen LogP contribution < -0.4 is 4.74 Å². The third kappa shape index (κ3) is 4.02. The summed E-state index contributed by atoms with van der Waals surface area (Å²) >= 11 is 0. The van der Waals surface area contributed by atoms with E-state index in [1.165, 1.54) is 10.9 Å². The Labute approximate surface area is 197 Å². The molecular formula is C29H34N2O2. The molecule has 0 radical (unpaired) electrons. The summed E-state index contributed by atoms with van der Waals surface area (Å²) in [5, 5.41) is 2.28. The molecule has 0 N–H and O–H groups in total. The summed E-state index contributed by atoms with van der Waals surface area (Å²) in [4.78, 5) is 18.0. The molecule has 0 spiro atoms. The van der Waals surface area contributed by atoms with Crippen LogP contribution in [-0.2, 0) is 5.41 Å². The Morgan fingerprint density at radius 2 is 1.85 bits per heavy atom. The Morgan fingerprint density at radius 3 is 2.67 bits per heavy atom. The van der Waals surface area contributed by atoms with Crippen LogP contribution in [0, 0.1) is 5.92 Å². The molecule has 3 aromatic carbocycles. The molecule has 1 aliphatic carbocycles. The summed E-state index contributed by atoms with van der Waals surface area (Å²) in [6, 6.07) is 23.2. The van der Waals surface area contributed by atoms with E-state index in [1.54, 1.807) is 7.11 Å². The molecule has 33 heavy (non-hydrogen) atoms. The minimum Gasteiger partial charge on any atom is -0.497 e. The summed E-state index contributed by atoms with van der Waals surface area (Å²) in [6.07, 6.45) is 4.33. The van der Waals surface area contributed by atoms with Crippen LogP contribution >= 0.6 is 0 Å². The number of rotatable bonds is 4. The zero-order valence-electron chi connectivity index (χ0n) is 20.0. The molecule has 172 valence electrons. The largest absolute Gasteiger partial charge is 0.497 e. The van der Waals surface area contributed by atoms with Gasteiger partial charge >= 0.3 is 0 Å². The van der Waals surface area contributed by atoms with E-state index in [-0.39, 0.29) is 17.4 Å². The highest BCUT2D eigenvalue weighted by atomic mass is 16.5. The summed E-state index contributed by atoms with van der Waals surface area (Å²) < 4.78 is 5.57. The van der Waals surface area contributed by atoms with Crippen LogP contribution in [0.15, 0.2) is 66.7 Å². The number of nitrogens with zero attached hydrogens (tertiary/aromatic N) is 2. The maximum absolute atomic E-state index is 13.5. The molecule has 1 saturated carbocycles. The van der Waals surface area contributed by atoms with Crippen LogP contribution in [0.1, 0.15) is 41.6 Å². The number of likely N-dealkylation sites (tertiary alicyclic amines) is 1. The fourth-order valence-corrected chi connectivity index (χ4v) is 6.24. The van der Waals surface area contributed by atoms with Gasteiger partial charge in [0.05, 0.1) is 7.11 Å². The molecule has 2 aliphatic rings. The highest BCUT2D eigenvalue weighted by Crippen LogP contribution is 2.50. The Morgan fingerprint density at radius 1 is 1.03 bits per heavy atom. The van der Waals surface area contributed by atoms with Gasteiger partial charge in [0.15, 0.2) is 0 Å². The Kier molecular flexibility index (Phi) is 5.88. The molecule has 5 rings (SSSR count). The van der Waals surface area contributed by atoms with Gasteiger partial charge in [-0.15, -0.1) is 0 Å². The van der Waals surface area contributed by atoms with Gasteiger partial charge in [0, 0.05) is 30.6 Å². The van der Waals surface area contributed by atoms with Crippen LogP contribution in [0.5, 0.6) is 5.75 Å². The smallest absolute Gasteiger partial charge is 0.253 e. The molecule has 3 aromatic rings. The standard InChI is InChI=1S/C29H34N2O2/c1-30-16-15-29(24-9-6-10-27(18-24)33-3)19-26(14-13-25(29)20-30)31(2)28(32)23-12-11-21-7-4-5-8-22(21)17-23/h4-12,17-18,25-26H,13-16,19-20H2,1-3H3. The zero-order chi connectivity index (χ0) is 23.0. The average molecular weight is 443 g/mol. The molecular weight excluding hydrogens is 408 g/mol. The minimum absolute atomic E-state index is 0.0852. The second-order valence-corrected chi connectivity index (χ2v) is 10.0. The fraction of sp³-hybridized carbons (Fsp3) is 0.414. The number of hydrogen-bond acceptors (Lipinski definition) is 3. The van der Waals surface area contributed by atoms with Gasteiger partial charge in [0.2, 0.25) is 0 Å².